The molecule has 4 nitrogen and oxygen atoms in total. The molecule has 29 heavy (non-hydrogen) atoms. The molecule has 1 aliphatic heterocycles. The van der Waals surface area contributed by atoms with Crippen LogP contribution in [0.1, 0.15) is 21.5 Å². The van der Waals surface area contributed by atoms with Crippen LogP contribution in [0.25, 0.3) is 22.0 Å². The molecule has 0 radical (unpaired) electrons. The average Bonchev–Trinajstić information content (AvgIpc) is 3.45. The molecule has 0 saturated carbocycles. The van der Waals surface area contributed by atoms with Crippen LogP contribution in [-0.2, 0) is 11.0 Å². The number of thiophene rings is 1. The summed E-state index contributed by atoms with van der Waals surface area (Å²) >= 11 is 0.634. The summed E-state index contributed by atoms with van der Waals surface area (Å²) in [6, 6.07) is 17.7. The molecule has 0 aliphatic carbocycles. The van der Waals surface area contributed by atoms with E-state index in [0.717, 1.165) is 16.5 Å². The quantitative estimate of drug-likeness (QED) is 0.440. The van der Waals surface area contributed by atoms with Gasteiger partial charge in [-0.05, 0) is 23.8 Å². The second-order valence-electron chi connectivity index (χ2n) is 6.56. The highest BCUT2D eigenvalue weighted by Crippen LogP contribution is 2.43. The van der Waals surface area contributed by atoms with Crippen LogP contribution < -0.4 is 5.48 Å². The van der Waals surface area contributed by atoms with Crippen molar-refractivity contribution in [2.75, 3.05) is 0 Å². The van der Waals surface area contributed by atoms with E-state index in [9.17, 15) is 13.2 Å². The number of rotatable bonds is 3. The maximum atomic E-state index is 13.6. The number of hydroxylamine groups is 1. The van der Waals surface area contributed by atoms with Crippen LogP contribution in [0.3, 0.4) is 0 Å². The van der Waals surface area contributed by atoms with Crippen molar-refractivity contribution in [3.05, 3.63) is 82.2 Å². The van der Waals surface area contributed by atoms with Crippen molar-refractivity contribution in [3.63, 3.8) is 0 Å². The molecule has 0 spiro atoms. The Morgan fingerprint density at radius 3 is 2.62 bits per heavy atom. The van der Waals surface area contributed by atoms with Crippen molar-refractivity contribution >= 4 is 28.1 Å². The zero-order valence-electron chi connectivity index (χ0n) is 14.8. The molecule has 0 fully saturated rings. The van der Waals surface area contributed by atoms with E-state index in [4.69, 9.17) is 4.84 Å². The third-order valence-electron chi connectivity index (χ3n) is 4.72. The lowest BCUT2D eigenvalue weighted by atomic mass is 10.1. The monoisotopic (exact) mass is 413 g/mol. The molecule has 2 N–H and O–H groups in total. The van der Waals surface area contributed by atoms with Gasteiger partial charge in [0.15, 0.2) is 6.17 Å². The Morgan fingerprint density at radius 1 is 1.00 bits per heavy atom. The number of nitrogens with one attached hydrogen (secondary N) is 2. The standard InChI is InChI=1S/C21H14F3N3OS/c22-21(23,24)18-15(12-5-2-1-3-6-12)11-17(29-18)20-26-19(27-28-20)14-7-4-8-16-13(14)9-10-25-16/h1-11,19,25,27H. The number of H-pyrrole nitrogens is 1. The normalized spacial score (nSPS) is 16.8. The van der Waals surface area contributed by atoms with Crippen molar-refractivity contribution in [3.8, 4) is 11.1 Å². The van der Waals surface area contributed by atoms with Crippen LogP contribution in [0.15, 0.2) is 71.9 Å². The molecule has 0 amide bonds. The maximum absolute atomic E-state index is 13.6. The topological polar surface area (TPSA) is 49.4 Å². The van der Waals surface area contributed by atoms with E-state index in [1.807, 2.05) is 30.5 Å². The zero-order valence-corrected chi connectivity index (χ0v) is 15.6. The van der Waals surface area contributed by atoms with E-state index in [1.54, 1.807) is 30.3 Å². The lowest BCUT2D eigenvalue weighted by Gasteiger charge is -2.07. The predicted octanol–water partition coefficient (Wildman–Crippen LogP) is 5.90. The fraction of sp³-hybridized carbons (Fsp3) is 0.0952. The minimum atomic E-state index is -4.46. The molecule has 146 valence electrons. The first-order valence-electron chi connectivity index (χ1n) is 8.84. The van der Waals surface area contributed by atoms with Crippen LogP contribution in [-0.4, -0.2) is 10.9 Å². The lowest BCUT2D eigenvalue weighted by Crippen LogP contribution is -2.14. The highest BCUT2D eigenvalue weighted by Gasteiger charge is 2.37. The van der Waals surface area contributed by atoms with Crippen molar-refractivity contribution < 1.29 is 18.0 Å². The number of hydrogen-bond acceptors (Lipinski definition) is 4. The number of aliphatic imine (C=N–C) groups is 1. The van der Waals surface area contributed by atoms with E-state index in [-0.39, 0.29) is 11.5 Å². The summed E-state index contributed by atoms with van der Waals surface area (Å²) in [6.07, 6.45) is -3.13. The second kappa shape index (κ2) is 6.75. The van der Waals surface area contributed by atoms with Gasteiger partial charge in [0, 0.05) is 28.2 Å². The number of hydrogen-bond donors (Lipinski definition) is 2. The van der Waals surface area contributed by atoms with E-state index in [2.05, 4.69) is 15.5 Å². The van der Waals surface area contributed by atoms with E-state index >= 15 is 0 Å². The highest BCUT2D eigenvalue weighted by molar-refractivity contribution is 7.14. The molecule has 1 unspecified atom stereocenters. The van der Waals surface area contributed by atoms with Gasteiger partial charge in [0.25, 0.3) is 5.90 Å². The van der Waals surface area contributed by atoms with Crippen molar-refractivity contribution in [1.82, 2.24) is 10.5 Å². The molecule has 2 aromatic heterocycles. The van der Waals surface area contributed by atoms with Crippen molar-refractivity contribution in [2.24, 2.45) is 4.99 Å². The van der Waals surface area contributed by atoms with Crippen LogP contribution >= 0.6 is 11.3 Å². The van der Waals surface area contributed by atoms with Gasteiger partial charge < -0.3 is 9.82 Å². The third-order valence-corrected chi connectivity index (χ3v) is 5.89. The summed E-state index contributed by atoms with van der Waals surface area (Å²) in [5.74, 6) is 0.153. The number of halogens is 3. The summed E-state index contributed by atoms with van der Waals surface area (Å²) in [4.78, 5) is 12.8. The number of benzene rings is 2. The molecule has 1 aliphatic rings. The first-order chi connectivity index (χ1) is 14.0. The molecular formula is C21H14F3N3OS. The molecule has 0 saturated heterocycles. The number of aromatic nitrogens is 1. The molecule has 5 rings (SSSR count). The minimum Gasteiger partial charge on any atom is -0.385 e. The number of alkyl halides is 3. The smallest absolute Gasteiger partial charge is 0.385 e. The zero-order chi connectivity index (χ0) is 20.0. The summed E-state index contributed by atoms with van der Waals surface area (Å²) in [6.45, 7) is 0. The Morgan fingerprint density at radius 2 is 1.83 bits per heavy atom. The van der Waals surface area contributed by atoms with Gasteiger partial charge in [0.05, 0.1) is 4.88 Å². The van der Waals surface area contributed by atoms with Gasteiger partial charge in [-0.15, -0.1) is 16.8 Å². The second-order valence-corrected chi connectivity index (χ2v) is 7.61. The van der Waals surface area contributed by atoms with Crippen molar-refractivity contribution in [1.29, 1.82) is 0 Å². The summed E-state index contributed by atoms with van der Waals surface area (Å²) in [7, 11) is 0. The first-order valence-corrected chi connectivity index (χ1v) is 9.65. The lowest BCUT2D eigenvalue weighted by molar-refractivity contribution is -0.133. The third kappa shape index (κ3) is 3.20. The largest absolute Gasteiger partial charge is 0.426 e. The van der Waals surface area contributed by atoms with Gasteiger partial charge >= 0.3 is 6.18 Å². The Bertz CT molecular complexity index is 1210. The Balaban J connectivity index is 1.56. The van der Waals surface area contributed by atoms with Gasteiger partial charge in [-0.25, -0.2) is 4.99 Å². The minimum absolute atomic E-state index is 0.126. The Kier molecular flexibility index (Phi) is 4.18. The maximum Gasteiger partial charge on any atom is 0.426 e. The first kappa shape index (κ1) is 18.0. The van der Waals surface area contributed by atoms with Crippen LogP contribution in [0.4, 0.5) is 13.2 Å². The Hall–Kier alpha value is -3.10. The molecule has 1 atom stereocenters. The SMILES string of the molecule is FC(F)(F)c1sc(C2=NC(c3cccc4[nH]ccc34)NO2)cc1-c1ccccc1. The summed E-state index contributed by atoms with van der Waals surface area (Å²) < 4.78 is 40.9. The van der Waals surface area contributed by atoms with Crippen LogP contribution in [0.5, 0.6) is 0 Å². The van der Waals surface area contributed by atoms with E-state index in [1.165, 1.54) is 6.07 Å². The molecule has 0 bridgehead atoms. The van der Waals surface area contributed by atoms with Gasteiger partial charge in [0.1, 0.15) is 4.88 Å². The summed E-state index contributed by atoms with van der Waals surface area (Å²) in [5, 5.41) is 0.978. The van der Waals surface area contributed by atoms with E-state index < -0.39 is 17.2 Å². The Labute approximate surface area is 167 Å². The number of fused-ring (bicyclic) bond motifs is 1. The van der Waals surface area contributed by atoms with Crippen LogP contribution in [0, 0.1) is 0 Å². The van der Waals surface area contributed by atoms with Gasteiger partial charge in [-0.2, -0.15) is 13.2 Å². The molecule has 8 heteroatoms. The molecular weight excluding hydrogens is 399 g/mol. The van der Waals surface area contributed by atoms with Crippen LogP contribution in [0.2, 0.25) is 0 Å². The fourth-order valence-electron chi connectivity index (χ4n) is 3.42. The van der Waals surface area contributed by atoms with Gasteiger partial charge in [-0.1, -0.05) is 42.5 Å². The summed E-state index contributed by atoms with van der Waals surface area (Å²) in [5.41, 5.74) is 5.28. The fourth-order valence-corrected chi connectivity index (χ4v) is 4.40. The molecule has 4 aromatic rings. The predicted molar refractivity (Wildman–Crippen MR) is 107 cm³/mol. The average molecular weight is 413 g/mol. The van der Waals surface area contributed by atoms with Crippen molar-refractivity contribution in [2.45, 2.75) is 12.3 Å². The highest BCUT2D eigenvalue weighted by atomic mass is 32.1. The molecule has 2 aromatic carbocycles. The number of nitrogens with zero attached hydrogens (tertiary/aromatic N) is 1. The molecule has 3 heterocycles. The van der Waals surface area contributed by atoms with Gasteiger partial charge in [0.2, 0.25) is 0 Å². The van der Waals surface area contributed by atoms with Gasteiger partial charge in [-0.3, -0.25) is 0 Å². The number of aromatic amines is 1. The van der Waals surface area contributed by atoms with E-state index in [0.29, 0.717) is 21.8 Å².